The normalized spacial score (nSPS) is 12.4. The average molecular weight is 455 g/mol. The first-order valence-electron chi connectivity index (χ1n) is 8.52. The van der Waals surface area contributed by atoms with E-state index < -0.39 is 10.0 Å². The Morgan fingerprint density at radius 1 is 1.19 bits per heavy atom. The molecule has 1 atom stereocenters. The Morgan fingerprint density at radius 2 is 1.85 bits per heavy atom. The fourth-order valence-electron chi connectivity index (χ4n) is 2.46. The van der Waals surface area contributed by atoms with E-state index in [-0.39, 0.29) is 28.2 Å². The average Bonchev–Trinajstić information content (AvgIpc) is 2.66. The van der Waals surface area contributed by atoms with Crippen LogP contribution in [-0.4, -0.2) is 28.0 Å². The predicted molar refractivity (Wildman–Crippen MR) is 108 cm³/mol. The highest BCUT2D eigenvalue weighted by Gasteiger charge is 2.22. The zero-order valence-corrected chi connectivity index (χ0v) is 17.9. The molecule has 8 heteroatoms. The Hall–Kier alpha value is -1.90. The maximum atomic E-state index is 12.6. The summed E-state index contributed by atoms with van der Waals surface area (Å²) in [5.74, 6) is -0.170. The Balaban J connectivity index is 2.26. The summed E-state index contributed by atoms with van der Waals surface area (Å²) < 4.78 is 33.6. The first kappa shape index (κ1) is 21.4. The van der Waals surface area contributed by atoms with Crippen molar-refractivity contribution in [1.82, 2.24) is 10.0 Å². The molecule has 27 heavy (non-hydrogen) atoms. The minimum Gasteiger partial charge on any atom is -0.495 e. The second-order valence-corrected chi connectivity index (χ2v) is 8.66. The van der Waals surface area contributed by atoms with Gasteiger partial charge in [0.2, 0.25) is 10.0 Å². The molecule has 6 nitrogen and oxygen atoms in total. The summed E-state index contributed by atoms with van der Waals surface area (Å²) >= 11 is 3.38. The number of carbonyl (C=O) groups excluding carboxylic acids is 1. The number of ether oxygens (including phenoxy) is 1. The summed E-state index contributed by atoms with van der Waals surface area (Å²) in [7, 11) is -2.37. The molecule has 2 rings (SSSR count). The number of carbonyl (C=O) groups is 1. The van der Waals surface area contributed by atoms with Crippen LogP contribution in [0.5, 0.6) is 5.75 Å². The number of benzene rings is 2. The van der Waals surface area contributed by atoms with Gasteiger partial charge in [0.15, 0.2) is 0 Å². The lowest BCUT2D eigenvalue weighted by atomic mass is 10.1. The minimum atomic E-state index is -3.77. The van der Waals surface area contributed by atoms with Crippen LogP contribution in [-0.2, 0) is 10.0 Å². The summed E-state index contributed by atoms with van der Waals surface area (Å²) in [6.45, 7) is 4.04. The molecule has 0 bridgehead atoms. The summed E-state index contributed by atoms with van der Waals surface area (Å²) in [5, 5.41) is 2.88. The molecule has 0 aliphatic carbocycles. The van der Waals surface area contributed by atoms with Crippen molar-refractivity contribution in [3.8, 4) is 5.75 Å². The molecular weight excluding hydrogens is 432 g/mol. The molecule has 146 valence electrons. The Morgan fingerprint density at radius 3 is 2.44 bits per heavy atom. The Labute approximate surface area is 168 Å². The van der Waals surface area contributed by atoms with E-state index in [9.17, 15) is 13.2 Å². The van der Waals surface area contributed by atoms with Gasteiger partial charge in [-0.1, -0.05) is 35.0 Å². The van der Waals surface area contributed by atoms with E-state index >= 15 is 0 Å². The van der Waals surface area contributed by atoms with Crippen molar-refractivity contribution in [2.75, 3.05) is 13.7 Å². The van der Waals surface area contributed by atoms with Crippen molar-refractivity contribution in [3.63, 3.8) is 0 Å². The predicted octanol–water partition coefficient (Wildman–Crippen LogP) is 3.64. The lowest BCUT2D eigenvalue weighted by molar-refractivity contribution is 0.0939. The topological polar surface area (TPSA) is 84.5 Å². The number of halogens is 1. The number of hydrogen-bond acceptors (Lipinski definition) is 4. The minimum absolute atomic E-state index is 0.0533. The van der Waals surface area contributed by atoms with Gasteiger partial charge in [0.1, 0.15) is 10.6 Å². The van der Waals surface area contributed by atoms with Gasteiger partial charge in [0.25, 0.3) is 5.91 Å². The highest BCUT2D eigenvalue weighted by Crippen LogP contribution is 2.25. The van der Waals surface area contributed by atoms with Crippen LogP contribution < -0.4 is 14.8 Å². The number of nitrogens with one attached hydrogen (secondary N) is 2. The fourth-order valence-corrected chi connectivity index (χ4v) is 4.05. The third-order valence-electron chi connectivity index (χ3n) is 3.98. The van der Waals surface area contributed by atoms with Crippen LogP contribution in [0.2, 0.25) is 0 Å². The maximum Gasteiger partial charge on any atom is 0.251 e. The van der Waals surface area contributed by atoms with Crippen molar-refractivity contribution in [2.45, 2.75) is 31.2 Å². The van der Waals surface area contributed by atoms with E-state index in [4.69, 9.17) is 4.74 Å². The monoisotopic (exact) mass is 454 g/mol. The largest absolute Gasteiger partial charge is 0.495 e. The lowest BCUT2D eigenvalue weighted by Gasteiger charge is -2.16. The third kappa shape index (κ3) is 5.54. The summed E-state index contributed by atoms with van der Waals surface area (Å²) in [4.78, 5) is 12.6. The standard InChI is InChI=1S/C19H23BrN2O4S/c1-4-11-21-27(24,25)18-12-15(7-10-17(18)26-3)19(23)22-13(2)14-5-8-16(20)9-6-14/h5-10,12-13,21H,4,11H2,1-3H3,(H,22,23). The highest BCUT2D eigenvalue weighted by molar-refractivity contribution is 9.10. The zero-order valence-electron chi connectivity index (χ0n) is 15.5. The van der Waals surface area contributed by atoms with Crippen LogP contribution in [0.1, 0.15) is 42.2 Å². The highest BCUT2D eigenvalue weighted by atomic mass is 79.9. The van der Waals surface area contributed by atoms with Gasteiger partial charge in [-0.15, -0.1) is 0 Å². The second-order valence-electron chi connectivity index (χ2n) is 6.01. The Kier molecular flexibility index (Phi) is 7.41. The molecule has 0 saturated carbocycles. The van der Waals surface area contributed by atoms with Crippen LogP contribution in [0.25, 0.3) is 0 Å². The number of rotatable bonds is 8. The van der Waals surface area contributed by atoms with Crippen molar-refractivity contribution in [1.29, 1.82) is 0 Å². The van der Waals surface area contributed by atoms with Crippen LogP contribution >= 0.6 is 15.9 Å². The molecule has 0 aliphatic heterocycles. The molecule has 2 aromatic carbocycles. The molecular formula is C19H23BrN2O4S. The molecule has 2 aromatic rings. The van der Waals surface area contributed by atoms with Crippen molar-refractivity contribution < 1.29 is 17.9 Å². The zero-order chi connectivity index (χ0) is 20.0. The van der Waals surface area contributed by atoms with E-state index in [2.05, 4.69) is 26.0 Å². The number of sulfonamides is 1. The van der Waals surface area contributed by atoms with Crippen LogP contribution in [0.4, 0.5) is 0 Å². The molecule has 1 amide bonds. The fraction of sp³-hybridized carbons (Fsp3) is 0.316. The molecule has 0 saturated heterocycles. The van der Waals surface area contributed by atoms with Crippen LogP contribution in [0, 0.1) is 0 Å². The number of amides is 1. The number of methoxy groups -OCH3 is 1. The van der Waals surface area contributed by atoms with E-state index in [1.54, 1.807) is 6.07 Å². The third-order valence-corrected chi connectivity index (χ3v) is 5.99. The number of hydrogen-bond donors (Lipinski definition) is 2. The van der Waals surface area contributed by atoms with Crippen LogP contribution in [0.15, 0.2) is 51.8 Å². The SMILES string of the molecule is CCCNS(=O)(=O)c1cc(C(=O)NC(C)c2ccc(Br)cc2)ccc1OC. The smallest absolute Gasteiger partial charge is 0.251 e. The quantitative estimate of drug-likeness (QED) is 0.637. The Bertz CT molecular complexity index is 898. The van der Waals surface area contributed by atoms with E-state index in [1.807, 2.05) is 38.1 Å². The first-order valence-corrected chi connectivity index (χ1v) is 10.8. The molecule has 1 unspecified atom stereocenters. The van der Waals surface area contributed by atoms with E-state index in [0.29, 0.717) is 13.0 Å². The van der Waals surface area contributed by atoms with Crippen molar-refractivity contribution in [3.05, 3.63) is 58.1 Å². The molecule has 0 aromatic heterocycles. The van der Waals surface area contributed by atoms with Gasteiger partial charge in [-0.05, 0) is 49.2 Å². The molecule has 2 N–H and O–H groups in total. The summed E-state index contributed by atoms with van der Waals surface area (Å²) in [6.07, 6.45) is 0.659. The molecule has 0 fully saturated rings. The van der Waals surface area contributed by atoms with Gasteiger partial charge in [0.05, 0.1) is 13.2 Å². The van der Waals surface area contributed by atoms with Crippen LogP contribution in [0.3, 0.4) is 0 Å². The maximum absolute atomic E-state index is 12.6. The molecule has 0 aliphatic rings. The van der Waals surface area contributed by atoms with Crippen molar-refractivity contribution in [2.24, 2.45) is 0 Å². The van der Waals surface area contributed by atoms with Gasteiger partial charge in [-0.25, -0.2) is 13.1 Å². The van der Waals surface area contributed by atoms with E-state index in [1.165, 1.54) is 19.2 Å². The molecule has 0 radical (unpaired) electrons. The van der Waals surface area contributed by atoms with E-state index in [0.717, 1.165) is 10.0 Å². The summed E-state index contributed by atoms with van der Waals surface area (Å²) in [6, 6.07) is 11.7. The first-order chi connectivity index (χ1) is 12.8. The van der Waals surface area contributed by atoms with Gasteiger partial charge in [-0.3, -0.25) is 4.79 Å². The van der Waals surface area contributed by atoms with Crippen molar-refractivity contribution >= 4 is 31.9 Å². The second kappa shape index (κ2) is 9.34. The molecule has 0 spiro atoms. The van der Waals surface area contributed by atoms with Gasteiger partial charge < -0.3 is 10.1 Å². The lowest BCUT2D eigenvalue weighted by Crippen LogP contribution is -2.28. The van der Waals surface area contributed by atoms with Gasteiger partial charge in [0, 0.05) is 16.6 Å². The summed E-state index contributed by atoms with van der Waals surface area (Å²) in [5.41, 5.74) is 1.19. The molecule has 0 heterocycles. The van der Waals surface area contributed by atoms with Gasteiger partial charge >= 0.3 is 0 Å². The van der Waals surface area contributed by atoms with Gasteiger partial charge in [-0.2, -0.15) is 0 Å².